The summed E-state index contributed by atoms with van der Waals surface area (Å²) in [5.41, 5.74) is 1.98. The summed E-state index contributed by atoms with van der Waals surface area (Å²) in [7, 11) is 0. The second kappa shape index (κ2) is 7.78. The first kappa shape index (κ1) is 17.0. The lowest BCUT2D eigenvalue weighted by Gasteiger charge is -2.28. The molecular formula is C17H24N4O2. The molecule has 6 nitrogen and oxygen atoms in total. The minimum Gasteiger partial charge on any atom is -0.392 e. The molecule has 1 heterocycles. The number of nitrogens with zero attached hydrogens (tertiary/aromatic N) is 3. The van der Waals surface area contributed by atoms with Crippen molar-refractivity contribution in [2.24, 2.45) is 0 Å². The van der Waals surface area contributed by atoms with Crippen molar-refractivity contribution < 1.29 is 9.90 Å². The average molecular weight is 316 g/mol. The molecule has 1 aromatic carbocycles. The molecule has 1 atom stereocenters. The standard InChI is InChI=1S/C17H24N4O2/c1-13(2)21(11-14(3)22)17(23)19-10-15-6-4-5-7-16(15)20-9-8-18-12-20/h4-9,12-14,22H,10-11H2,1-3H3,(H,19,23). The van der Waals surface area contributed by atoms with E-state index < -0.39 is 6.10 Å². The molecule has 0 radical (unpaired) electrons. The van der Waals surface area contributed by atoms with Gasteiger partial charge in [0.2, 0.25) is 0 Å². The maximum atomic E-state index is 12.4. The summed E-state index contributed by atoms with van der Waals surface area (Å²) >= 11 is 0. The van der Waals surface area contributed by atoms with Gasteiger partial charge in [-0.2, -0.15) is 0 Å². The highest BCUT2D eigenvalue weighted by molar-refractivity contribution is 5.74. The van der Waals surface area contributed by atoms with Crippen LogP contribution in [-0.4, -0.2) is 44.3 Å². The number of benzene rings is 1. The topological polar surface area (TPSA) is 70.4 Å². The van der Waals surface area contributed by atoms with Gasteiger partial charge in [-0.15, -0.1) is 0 Å². The molecule has 0 spiro atoms. The van der Waals surface area contributed by atoms with Crippen LogP contribution in [0.3, 0.4) is 0 Å². The molecule has 0 aliphatic heterocycles. The van der Waals surface area contributed by atoms with E-state index in [1.807, 2.05) is 48.9 Å². The van der Waals surface area contributed by atoms with E-state index in [4.69, 9.17) is 0 Å². The van der Waals surface area contributed by atoms with Crippen molar-refractivity contribution >= 4 is 6.03 Å². The molecular weight excluding hydrogens is 292 g/mol. The number of nitrogens with one attached hydrogen (secondary N) is 1. The van der Waals surface area contributed by atoms with E-state index in [2.05, 4.69) is 10.3 Å². The van der Waals surface area contributed by atoms with Crippen LogP contribution < -0.4 is 5.32 Å². The highest BCUT2D eigenvalue weighted by atomic mass is 16.3. The summed E-state index contributed by atoms with van der Waals surface area (Å²) in [6, 6.07) is 7.70. The van der Waals surface area contributed by atoms with Crippen molar-refractivity contribution in [3.8, 4) is 5.69 Å². The van der Waals surface area contributed by atoms with Crippen molar-refractivity contribution in [2.45, 2.75) is 39.5 Å². The third-order valence-electron chi connectivity index (χ3n) is 3.55. The molecule has 124 valence electrons. The highest BCUT2D eigenvalue weighted by Gasteiger charge is 2.18. The molecule has 0 aliphatic rings. The van der Waals surface area contributed by atoms with Crippen LogP contribution >= 0.6 is 0 Å². The molecule has 2 aromatic rings. The lowest BCUT2D eigenvalue weighted by molar-refractivity contribution is 0.119. The highest BCUT2D eigenvalue weighted by Crippen LogP contribution is 2.14. The predicted octanol–water partition coefficient (Wildman–Crippen LogP) is 2.17. The van der Waals surface area contributed by atoms with E-state index in [0.717, 1.165) is 11.3 Å². The van der Waals surface area contributed by atoms with Gasteiger partial charge in [0.1, 0.15) is 0 Å². The second-order valence-electron chi connectivity index (χ2n) is 5.85. The van der Waals surface area contributed by atoms with E-state index in [0.29, 0.717) is 13.1 Å². The van der Waals surface area contributed by atoms with Crippen molar-refractivity contribution in [3.05, 3.63) is 48.5 Å². The van der Waals surface area contributed by atoms with Gasteiger partial charge in [0, 0.05) is 31.5 Å². The fourth-order valence-electron chi connectivity index (χ4n) is 2.40. The molecule has 0 fully saturated rings. The van der Waals surface area contributed by atoms with Crippen molar-refractivity contribution in [1.82, 2.24) is 19.8 Å². The van der Waals surface area contributed by atoms with E-state index >= 15 is 0 Å². The molecule has 2 amide bonds. The van der Waals surface area contributed by atoms with Crippen LogP contribution in [0.15, 0.2) is 43.0 Å². The van der Waals surface area contributed by atoms with Gasteiger partial charge in [0.25, 0.3) is 0 Å². The normalized spacial score (nSPS) is 12.2. The Morgan fingerprint density at radius 3 is 2.70 bits per heavy atom. The Morgan fingerprint density at radius 1 is 1.35 bits per heavy atom. The quantitative estimate of drug-likeness (QED) is 0.858. The number of amides is 2. The first-order chi connectivity index (χ1) is 11.0. The van der Waals surface area contributed by atoms with Gasteiger partial charge in [-0.1, -0.05) is 18.2 Å². The molecule has 0 bridgehead atoms. The maximum Gasteiger partial charge on any atom is 0.317 e. The van der Waals surface area contributed by atoms with Gasteiger partial charge in [0.15, 0.2) is 0 Å². The van der Waals surface area contributed by atoms with Gasteiger partial charge < -0.3 is 19.9 Å². The summed E-state index contributed by atoms with van der Waals surface area (Å²) in [5, 5.41) is 12.5. The Labute approximate surface area is 136 Å². The zero-order valence-corrected chi connectivity index (χ0v) is 13.8. The fraction of sp³-hybridized carbons (Fsp3) is 0.412. The summed E-state index contributed by atoms with van der Waals surface area (Å²) in [6.07, 6.45) is 4.77. The average Bonchev–Trinajstić information content (AvgIpc) is 3.04. The molecule has 2 N–H and O–H groups in total. The number of urea groups is 1. The minimum absolute atomic E-state index is 0.0218. The number of carbonyl (C=O) groups is 1. The summed E-state index contributed by atoms with van der Waals surface area (Å²) < 4.78 is 1.91. The van der Waals surface area contributed by atoms with Gasteiger partial charge in [0.05, 0.1) is 18.1 Å². The van der Waals surface area contributed by atoms with Crippen LogP contribution in [0.25, 0.3) is 5.69 Å². The summed E-state index contributed by atoms with van der Waals surface area (Å²) in [6.45, 7) is 6.27. The van der Waals surface area contributed by atoms with E-state index in [9.17, 15) is 9.90 Å². The second-order valence-corrected chi connectivity index (χ2v) is 5.85. The molecule has 6 heteroatoms. The predicted molar refractivity (Wildman–Crippen MR) is 89.3 cm³/mol. The summed E-state index contributed by atoms with van der Waals surface area (Å²) in [4.78, 5) is 18.1. The Hall–Kier alpha value is -2.34. The Morgan fingerprint density at radius 2 is 2.09 bits per heavy atom. The Bertz CT molecular complexity index is 623. The van der Waals surface area contributed by atoms with Crippen LogP contribution in [0.5, 0.6) is 0 Å². The maximum absolute atomic E-state index is 12.4. The molecule has 0 saturated carbocycles. The number of hydrogen-bond acceptors (Lipinski definition) is 3. The number of rotatable bonds is 6. The van der Waals surface area contributed by atoms with E-state index in [1.165, 1.54) is 0 Å². The van der Waals surface area contributed by atoms with Crippen molar-refractivity contribution in [2.75, 3.05) is 6.54 Å². The number of aliphatic hydroxyl groups is 1. The van der Waals surface area contributed by atoms with Gasteiger partial charge in [-0.3, -0.25) is 0 Å². The fourth-order valence-corrected chi connectivity index (χ4v) is 2.40. The van der Waals surface area contributed by atoms with Crippen LogP contribution in [0.2, 0.25) is 0 Å². The Kier molecular flexibility index (Phi) is 5.76. The largest absolute Gasteiger partial charge is 0.392 e. The lowest BCUT2D eigenvalue weighted by Crippen LogP contribution is -2.46. The first-order valence-corrected chi connectivity index (χ1v) is 7.77. The number of aromatic nitrogens is 2. The molecule has 2 rings (SSSR count). The van der Waals surface area contributed by atoms with Crippen LogP contribution in [0, 0.1) is 0 Å². The SMILES string of the molecule is CC(O)CN(C(=O)NCc1ccccc1-n1ccnc1)C(C)C. The molecule has 1 unspecified atom stereocenters. The van der Waals surface area contributed by atoms with Gasteiger partial charge in [-0.05, 0) is 32.4 Å². The Balaban J connectivity index is 2.07. The molecule has 0 aliphatic carbocycles. The lowest BCUT2D eigenvalue weighted by atomic mass is 10.1. The van der Waals surface area contributed by atoms with Gasteiger partial charge in [-0.25, -0.2) is 9.78 Å². The van der Waals surface area contributed by atoms with Crippen LogP contribution in [0.4, 0.5) is 4.79 Å². The zero-order valence-electron chi connectivity index (χ0n) is 13.8. The van der Waals surface area contributed by atoms with E-state index in [-0.39, 0.29) is 12.1 Å². The minimum atomic E-state index is -0.554. The monoisotopic (exact) mass is 316 g/mol. The molecule has 23 heavy (non-hydrogen) atoms. The zero-order chi connectivity index (χ0) is 16.8. The number of aliphatic hydroxyl groups excluding tert-OH is 1. The third-order valence-corrected chi connectivity index (χ3v) is 3.55. The van der Waals surface area contributed by atoms with Gasteiger partial charge >= 0.3 is 6.03 Å². The molecule has 1 aromatic heterocycles. The number of imidazole rings is 1. The van der Waals surface area contributed by atoms with Crippen molar-refractivity contribution in [3.63, 3.8) is 0 Å². The van der Waals surface area contributed by atoms with Crippen LogP contribution in [0.1, 0.15) is 26.3 Å². The number of carbonyl (C=O) groups excluding carboxylic acids is 1. The van der Waals surface area contributed by atoms with Crippen LogP contribution in [-0.2, 0) is 6.54 Å². The smallest absolute Gasteiger partial charge is 0.317 e. The van der Waals surface area contributed by atoms with E-state index in [1.54, 1.807) is 24.3 Å². The molecule has 0 saturated heterocycles. The number of hydrogen-bond donors (Lipinski definition) is 2. The van der Waals surface area contributed by atoms with Crippen molar-refractivity contribution in [1.29, 1.82) is 0 Å². The third kappa shape index (κ3) is 4.56. The summed E-state index contributed by atoms with van der Waals surface area (Å²) in [5.74, 6) is 0. The first-order valence-electron chi connectivity index (χ1n) is 7.77. The number of para-hydroxylation sites is 1.